The first-order chi connectivity index (χ1) is 3.93. The highest BCUT2D eigenvalue weighted by Crippen LogP contribution is 2.02. The van der Waals surface area contributed by atoms with Gasteiger partial charge in [-0.2, -0.15) is 5.90 Å². The number of aromatic nitrogens is 1. The van der Waals surface area contributed by atoms with Gasteiger partial charge in [-0.15, -0.1) is 0 Å². The molecule has 0 saturated heterocycles. The molecule has 0 aromatic carbocycles. The third kappa shape index (κ3) is 0.946. The summed E-state index contributed by atoms with van der Waals surface area (Å²) in [4.78, 5) is 8.13. The Bertz CT molecular complexity index is 152. The van der Waals surface area contributed by atoms with Crippen molar-refractivity contribution in [2.24, 2.45) is 5.90 Å². The van der Waals surface area contributed by atoms with Crippen LogP contribution < -0.4 is 10.7 Å². The van der Waals surface area contributed by atoms with E-state index in [-0.39, 0.29) is 0 Å². The fourth-order valence-corrected chi connectivity index (χ4v) is 0.417. The minimum absolute atomic E-state index is 0.625. The van der Waals surface area contributed by atoms with Crippen molar-refractivity contribution in [3.05, 3.63) is 24.5 Å². The van der Waals surface area contributed by atoms with Crippen LogP contribution in [-0.4, -0.2) is 4.98 Å². The molecule has 8 heavy (non-hydrogen) atoms. The van der Waals surface area contributed by atoms with Crippen LogP contribution in [0.25, 0.3) is 0 Å². The fraction of sp³-hybridized carbons (Fsp3) is 0. The molecule has 0 amide bonds. The first kappa shape index (κ1) is 5.05. The van der Waals surface area contributed by atoms with Gasteiger partial charge < -0.3 is 4.84 Å². The van der Waals surface area contributed by atoms with Crippen molar-refractivity contribution in [2.75, 3.05) is 0 Å². The molecule has 0 atom stereocenters. The van der Waals surface area contributed by atoms with Gasteiger partial charge in [0.05, 0.1) is 0 Å². The number of rotatable bonds is 1. The summed E-state index contributed by atoms with van der Waals surface area (Å²) in [5.41, 5.74) is 0. The molecule has 0 radical (unpaired) electrons. The van der Waals surface area contributed by atoms with Crippen molar-refractivity contribution < 1.29 is 4.84 Å². The molecular formula is C5H6N2O. The number of pyridine rings is 1. The standard InChI is InChI=1S/C5H6N2O/c6-8-5-1-3-7-4-2-5/h1-4H,6H2. The molecule has 1 rings (SSSR count). The molecule has 0 unspecified atom stereocenters. The first-order valence-corrected chi connectivity index (χ1v) is 2.20. The van der Waals surface area contributed by atoms with Crippen LogP contribution in [0.3, 0.4) is 0 Å². The Kier molecular flexibility index (Phi) is 1.44. The molecule has 3 heteroatoms. The molecule has 1 aromatic heterocycles. The Balaban J connectivity index is 2.83. The lowest BCUT2D eigenvalue weighted by Crippen LogP contribution is -2.00. The Morgan fingerprint density at radius 1 is 1.38 bits per heavy atom. The second kappa shape index (κ2) is 2.28. The maximum Gasteiger partial charge on any atom is 0.149 e. The highest BCUT2D eigenvalue weighted by atomic mass is 16.6. The second-order valence-electron chi connectivity index (χ2n) is 1.30. The van der Waals surface area contributed by atoms with Crippen molar-refractivity contribution in [3.63, 3.8) is 0 Å². The topological polar surface area (TPSA) is 48.1 Å². The Labute approximate surface area is 47.1 Å². The van der Waals surface area contributed by atoms with E-state index in [1.807, 2.05) is 0 Å². The van der Waals surface area contributed by atoms with Gasteiger partial charge in [0.25, 0.3) is 0 Å². The van der Waals surface area contributed by atoms with E-state index in [2.05, 4.69) is 9.82 Å². The average molecular weight is 110 g/mol. The number of nitrogens with zero attached hydrogens (tertiary/aromatic N) is 1. The highest BCUT2D eigenvalue weighted by Gasteiger charge is 1.82. The summed E-state index contributed by atoms with van der Waals surface area (Å²) in [6.07, 6.45) is 3.23. The zero-order valence-electron chi connectivity index (χ0n) is 4.24. The van der Waals surface area contributed by atoms with Gasteiger partial charge in [-0.25, -0.2) is 0 Å². The van der Waals surface area contributed by atoms with Gasteiger partial charge in [0.15, 0.2) is 0 Å². The van der Waals surface area contributed by atoms with E-state index in [9.17, 15) is 0 Å². The van der Waals surface area contributed by atoms with Crippen LogP contribution >= 0.6 is 0 Å². The molecule has 0 aliphatic rings. The summed E-state index contributed by atoms with van der Waals surface area (Å²) in [6.45, 7) is 0. The molecule has 42 valence electrons. The summed E-state index contributed by atoms with van der Waals surface area (Å²) in [6, 6.07) is 3.36. The van der Waals surface area contributed by atoms with Crippen LogP contribution in [0.2, 0.25) is 0 Å². The fourth-order valence-electron chi connectivity index (χ4n) is 0.417. The van der Waals surface area contributed by atoms with Crippen molar-refractivity contribution in [2.45, 2.75) is 0 Å². The van der Waals surface area contributed by atoms with Crippen molar-refractivity contribution in [1.29, 1.82) is 0 Å². The molecular weight excluding hydrogens is 104 g/mol. The molecule has 0 aliphatic heterocycles. The van der Waals surface area contributed by atoms with Crippen molar-refractivity contribution in [3.8, 4) is 5.75 Å². The summed E-state index contributed by atoms with van der Waals surface area (Å²) in [7, 11) is 0. The molecule has 0 spiro atoms. The van der Waals surface area contributed by atoms with Crippen LogP contribution in [0.5, 0.6) is 5.75 Å². The van der Waals surface area contributed by atoms with Gasteiger partial charge in [0.1, 0.15) is 5.75 Å². The minimum Gasteiger partial charge on any atom is -0.411 e. The lowest BCUT2D eigenvalue weighted by molar-refractivity contribution is 0.334. The smallest absolute Gasteiger partial charge is 0.149 e. The number of nitrogens with two attached hydrogens (primary N) is 1. The summed E-state index contributed by atoms with van der Waals surface area (Å²) in [5.74, 6) is 5.45. The maximum absolute atomic E-state index is 4.82. The first-order valence-electron chi connectivity index (χ1n) is 2.20. The van der Waals surface area contributed by atoms with Crippen LogP contribution in [0.1, 0.15) is 0 Å². The minimum atomic E-state index is 0.625. The zero-order valence-corrected chi connectivity index (χ0v) is 4.24. The Hall–Kier alpha value is -1.09. The van der Waals surface area contributed by atoms with E-state index in [4.69, 9.17) is 5.90 Å². The van der Waals surface area contributed by atoms with E-state index >= 15 is 0 Å². The van der Waals surface area contributed by atoms with Crippen LogP contribution in [0, 0.1) is 0 Å². The summed E-state index contributed by atoms with van der Waals surface area (Å²) in [5, 5.41) is 0. The van der Waals surface area contributed by atoms with E-state index in [0.717, 1.165) is 0 Å². The van der Waals surface area contributed by atoms with Crippen LogP contribution in [0.15, 0.2) is 24.5 Å². The third-order valence-electron chi connectivity index (χ3n) is 0.786. The van der Waals surface area contributed by atoms with Crippen LogP contribution in [0.4, 0.5) is 0 Å². The van der Waals surface area contributed by atoms with Gasteiger partial charge in [0.2, 0.25) is 0 Å². The van der Waals surface area contributed by atoms with Gasteiger partial charge in [-0.05, 0) is 0 Å². The predicted molar refractivity (Wildman–Crippen MR) is 29.1 cm³/mol. The van der Waals surface area contributed by atoms with Gasteiger partial charge in [0, 0.05) is 24.5 Å². The molecule has 2 N–H and O–H groups in total. The van der Waals surface area contributed by atoms with Gasteiger partial charge in [-0.1, -0.05) is 0 Å². The molecule has 3 nitrogen and oxygen atoms in total. The van der Waals surface area contributed by atoms with Gasteiger partial charge in [-0.3, -0.25) is 4.98 Å². The van der Waals surface area contributed by atoms with E-state index in [0.29, 0.717) is 5.75 Å². The molecule has 0 bridgehead atoms. The Morgan fingerprint density at radius 2 is 2.00 bits per heavy atom. The van der Waals surface area contributed by atoms with E-state index in [1.165, 1.54) is 0 Å². The number of hydrogen-bond acceptors (Lipinski definition) is 3. The predicted octanol–water partition coefficient (Wildman–Crippen LogP) is 0.334. The lowest BCUT2D eigenvalue weighted by atomic mass is 10.5. The zero-order chi connectivity index (χ0) is 5.82. The van der Waals surface area contributed by atoms with E-state index in [1.54, 1.807) is 24.5 Å². The van der Waals surface area contributed by atoms with E-state index < -0.39 is 0 Å². The van der Waals surface area contributed by atoms with Crippen LogP contribution in [-0.2, 0) is 0 Å². The maximum atomic E-state index is 4.82. The Morgan fingerprint density at radius 3 is 2.38 bits per heavy atom. The molecule has 1 aromatic rings. The molecule has 0 aliphatic carbocycles. The monoisotopic (exact) mass is 110 g/mol. The normalized spacial score (nSPS) is 8.62. The molecule has 0 saturated carbocycles. The highest BCUT2D eigenvalue weighted by molar-refractivity contribution is 5.15. The van der Waals surface area contributed by atoms with Gasteiger partial charge >= 0.3 is 0 Å². The number of hydrogen-bond donors (Lipinski definition) is 1. The second-order valence-corrected chi connectivity index (χ2v) is 1.30. The largest absolute Gasteiger partial charge is 0.411 e. The average Bonchev–Trinajstić information content (AvgIpc) is 1.90. The summed E-state index contributed by atoms with van der Waals surface area (Å²) < 4.78 is 0. The van der Waals surface area contributed by atoms with Crippen molar-refractivity contribution in [1.82, 2.24) is 4.98 Å². The lowest BCUT2D eigenvalue weighted by Gasteiger charge is -1.92. The molecule has 1 heterocycles. The molecule has 0 fully saturated rings. The van der Waals surface area contributed by atoms with Crippen molar-refractivity contribution >= 4 is 0 Å². The SMILES string of the molecule is NOc1ccncc1. The third-order valence-corrected chi connectivity index (χ3v) is 0.786. The summed E-state index contributed by atoms with van der Waals surface area (Å²) >= 11 is 0. The quantitative estimate of drug-likeness (QED) is 0.530.